The van der Waals surface area contributed by atoms with Crippen LogP contribution in [-0.4, -0.2) is 34.9 Å². The zero-order chi connectivity index (χ0) is 16.8. The second-order valence-corrected chi connectivity index (χ2v) is 7.57. The molecule has 0 amide bonds. The van der Waals surface area contributed by atoms with Crippen molar-refractivity contribution in [3.63, 3.8) is 0 Å². The summed E-state index contributed by atoms with van der Waals surface area (Å²) >= 11 is 0. The van der Waals surface area contributed by atoms with Crippen LogP contribution in [0.1, 0.15) is 59.0 Å². The van der Waals surface area contributed by atoms with E-state index in [4.69, 9.17) is 14.0 Å². The molecule has 0 unspecified atom stereocenters. The van der Waals surface area contributed by atoms with Crippen molar-refractivity contribution in [2.24, 2.45) is 0 Å². The van der Waals surface area contributed by atoms with Crippen molar-refractivity contribution in [1.29, 1.82) is 0 Å². The quantitative estimate of drug-likeness (QED) is 0.620. The average Bonchev–Trinajstić information content (AvgIpc) is 2.56. The fourth-order valence-corrected chi connectivity index (χ4v) is 1.97. The van der Waals surface area contributed by atoms with Crippen LogP contribution >= 0.6 is 0 Å². The molecule has 0 aromatic carbocycles. The summed E-state index contributed by atoms with van der Waals surface area (Å²) in [4.78, 5) is 16.1. The molecular weight excluding hydrogens is 281 g/mol. The minimum atomic E-state index is -0.539. The molecule has 1 saturated heterocycles. The SMILES string of the molecule is CC(C)(C)OC(=O)c1ccc(B2OC(C)(C)C(C)(C)O2)cn1. The molecule has 0 bridgehead atoms. The van der Waals surface area contributed by atoms with Crippen molar-refractivity contribution in [2.75, 3.05) is 0 Å². The molecular formula is C16H24BNO4. The van der Waals surface area contributed by atoms with Gasteiger partial charge in [0.25, 0.3) is 0 Å². The van der Waals surface area contributed by atoms with Crippen molar-refractivity contribution in [3.8, 4) is 0 Å². The van der Waals surface area contributed by atoms with Crippen LogP contribution in [0.3, 0.4) is 0 Å². The normalized spacial score (nSPS) is 20.0. The van der Waals surface area contributed by atoms with Gasteiger partial charge in [-0.3, -0.25) is 0 Å². The first-order valence-electron chi connectivity index (χ1n) is 7.46. The number of ether oxygens (including phenoxy) is 1. The number of pyridine rings is 1. The van der Waals surface area contributed by atoms with Crippen molar-refractivity contribution < 1.29 is 18.8 Å². The molecule has 120 valence electrons. The van der Waals surface area contributed by atoms with Gasteiger partial charge in [-0.25, -0.2) is 9.78 Å². The van der Waals surface area contributed by atoms with E-state index in [1.165, 1.54) is 0 Å². The number of carbonyl (C=O) groups excluding carboxylic acids is 1. The van der Waals surface area contributed by atoms with E-state index >= 15 is 0 Å². The number of aromatic nitrogens is 1. The van der Waals surface area contributed by atoms with Crippen LogP contribution in [0, 0.1) is 0 Å². The molecule has 0 atom stereocenters. The second-order valence-electron chi connectivity index (χ2n) is 7.57. The van der Waals surface area contributed by atoms with E-state index in [1.807, 2.05) is 48.5 Å². The Hall–Kier alpha value is -1.40. The highest BCUT2D eigenvalue weighted by atomic mass is 16.7. The van der Waals surface area contributed by atoms with Gasteiger partial charge < -0.3 is 14.0 Å². The zero-order valence-electron chi connectivity index (χ0n) is 14.4. The maximum absolute atomic E-state index is 12.0. The molecule has 1 aromatic rings. The fraction of sp³-hybridized carbons (Fsp3) is 0.625. The van der Waals surface area contributed by atoms with E-state index in [0.717, 1.165) is 5.46 Å². The number of hydrogen-bond acceptors (Lipinski definition) is 5. The maximum Gasteiger partial charge on any atom is 0.496 e. The number of rotatable bonds is 2. The average molecular weight is 305 g/mol. The van der Waals surface area contributed by atoms with Crippen molar-refractivity contribution >= 4 is 18.6 Å². The minimum absolute atomic E-state index is 0.273. The summed E-state index contributed by atoms with van der Waals surface area (Å²) in [7, 11) is -0.481. The first-order valence-corrected chi connectivity index (χ1v) is 7.46. The lowest BCUT2D eigenvalue weighted by Gasteiger charge is -2.32. The van der Waals surface area contributed by atoms with Crippen LogP contribution in [0.15, 0.2) is 18.3 Å². The van der Waals surface area contributed by atoms with E-state index in [-0.39, 0.29) is 5.69 Å². The third kappa shape index (κ3) is 3.50. The molecule has 1 aliphatic heterocycles. The Balaban J connectivity index is 2.12. The van der Waals surface area contributed by atoms with Gasteiger partial charge in [0, 0.05) is 11.7 Å². The van der Waals surface area contributed by atoms with Crippen LogP contribution in [0.4, 0.5) is 0 Å². The Morgan fingerprint density at radius 2 is 1.68 bits per heavy atom. The standard InChI is InChI=1S/C16H24BNO4/c1-14(2,3)20-13(19)12-9-8-11(10-18-12)17-21-15(4,5)16(6,7)22-17/h8-10H,1-7H3. The number of hydrogen-bond donors (Lipinski definition) is 0. The van der Waals surface area contributed by atoms with Gasteiger partial charge in [-0.15, -0.1) is 0 Å². The van der Waals surface area contributed by atoms with Crippen LogP contribution in [0.2, 0.25) is 0 Å². The predicted octanol–water partition coefficient (Wildman–Crippen LogP) is 2.34. The van der Waals surface area contributed by atoms with Gasteiger partial charge in [0.2, 0.25) is 0 Å². The molecule has 2 heterocycles. The van der Waals surface area contributed by atoms with Gasteiger partial charge in [0.05, 0.1) is 11.2 Å². The van der Waals surface area contributed by atoms with Gasteiger partial charge in [0.1, 0.15) is 11.3 Å². The highest BCUT2D eigenvalue weighted by Crippen LogP contribution is 2.36. The summed E-state index contributed by atoms with van der Waals surface area (Å²) in [5, 5.41) is 0. The van der Waals surface area contributed by atoms with Gasteiger partial charge in [-0.1, -0.05) is 6.07 Å². The molecule has 0 saturated carbocycles. The molecule has 1 aliphatic rings. The Morgan fingerprint density at radius 3 is 2.09 bits per heavy atom. The highest BCUT2D eigenvalue weighted by Gasteiger charge is 2.51. The molecule has 0 radical (unpaired) electrons. The lowest BCUT2D eigenvalue weighted by atomic mass is 9.80. The number of esters is 1. The molecule has 5 nitrogen and oxygen atoms in total. The van der Waals surface area contributed by atoms with Crippen molar-refractivity contribution in [1.82, 2.24) is 4.98 Å². The Bertz CT molecular complexity index is 545. The first-order chi connectivity index (χ1) is 9.91. The fourth-order valence-electron chi connectivity index (χ4n) is 1.97. The monoisotopic (exact) mass is 305 g/mol. The Labute approximate surface area is 132 Å². The number of nitrogens with zero attached hydrogens (tertiary/aromatic N) is 1. The van der Waals surface area contributed by atoms with Gasteiger partial charge >= 0.3 is 13.1 Å². The van der Waals surface area contributed by atoms with Crippen LogP contribution in [-0.2, 0) is 14.0 Å². The maximum atomic E-state index is 12.0. The first kappa shape index (κ1) is 17.0. The molecule has 0 N–H and O–H groups in total. The Kier molecular flexibility index (Phi) is 4.13. The van der Waals surface area contributed by atoms with Gasteiger partial charge in [-0.2, -0.15) is 0 Å². The minimum Gasteiger partial charge on any atom is -0.455 e. The third-order valence-electron chi connectivity index (χ3n) is 3.92. The van der Waals surface area contributed by atoms with Crippen LogP contribution in [0.25, 0.3) is 0 Å². The van der Waals surface area contributed by atoms with E-state index in [0.29, 0.717) is 0 Å². The van der Waals surface area contributed by atoms with E-state index in [9.17, 15) is 4.79 Å². The van der Waals surface area contributed by atoms with Crippen LogP contribution in [0.5, 0.6) is 0 Å². The van der Waals surface area contributed by atoms with Crippen molar-refractivity contribution in [3.05, 3.63) is 24.0 Å². The zero-order valence-corrected chi connectivity index (χ0v) is 14.4. The van der Waals surface area contributed by atoms with Crippen LogP contribution < -0.4 is 5.46 Å². The Morgan fingerprint density at radius 1 is 1.14 bits per heavy atom. The second kappa shape index (κ2) is 5.35. The summed E-state index contributed by atoms with van der Waals surface area (Å²) < 4.78 is 17.2. The smallest absolute Gasteiger partial charge is 0.455 e. The predicted molar refractivity (Wildman–Crippen MR) is 85.1 cm³/mol. The summed E-state index contributed by atoms with van der Waals surface area (Å²) in [5.74, 6) is -0.437. The molecule has 2 rings (SSSR count). The van der Waals surface area contributed by atoms with Crippen molar-refractivity contribution in [2.45, 2.75) is 65.3 Å². The van der Waals surface area contributed by atoms with E-state index in [2.05, 4.69) is 4.98 Å². The lowest BCUT2D eigenvalue weighted by Crippen LogP contribution is -2.41. The summed E-state index contributed by atoms with van der Waals surface area (Å²) in [6.45, 7) is 13.5. The summed E-state index contributed by atoms with van der Waals surface area (Å²) in [5.41, 5.74) is -0.284. The molecule has 1 fully saturated rings. The lowest BCUT2D eigenvalue weighted by molar-refractivity contribution is 0.00578. The highest BCUT2D eigenvalue weighted by molar-refractivity contribution is 6.62. The molecule has 1 aromatic heterocycles. The topological polar surface area (TPSA) is 57.7 Å². The molecule has 22 heavy (non-hydrogen) atoms. The largest absolute Gasteiger partial charge is 0.496 e. The summed E-state index contributed by atoms with van der Waals surface area (Å²) in [6.07, 6.45) is 1.60. The molecule has 0 aliphatic carbocycles. The van der Waals surface area contributed by atoms with Gasteiger partial charge in [-0.05, 0) is 54.5 Å². The van der Waals surface area contributed by atoms with E-state index in [1.54, 1.807) is 18.3 Å². The molecule has 0 spiro atoms. The number of carbonyl (C=O) groups is 1. The third-order valence-corrected chi connectivity index (χ3v) is 3.92. The summed E-state index contributed by atoms with van der Waals surface area (Å²) in [6, 6.07) is 3.42. The van der Waals surface area contributed by atoms with E-state index < -0.39 is 29.9 Å². The van der Waals surface area contributed by atoms with Gasteiger partial charge in [0.15, 0.2) is 0 Å². The molecule has 6 heteroatoms.